The molecule has 0 aliphatic carbocycles. The molecule has 13 heteroatoms. The Morgan fingerprint density at radius 3 is 1.57 bits per heavy atom. The van der Waals surface area contributed by atoms with E-state index in [4.69, 9.17) is 21.1 Å². The third-order valence-electron chi connectivity index (χ3n) is 3.46. The van der Waals surface area contributed by atoms with Crippen molar-refractivity contribution < 1.29 is 44.1 Å². The first-order valence-electron chi connectivity index (χ1n) is 8.14. The van der Waals surface area contributed by atoms with Gasteiger partial charge in [0.25, 0.3) is 0 Å². The van der Waals surface area contributed by atoms with Crippen LogP contribution in [0.3, 0.4) is 0 Å². The van der Waals surface area contributed by atoms with Crippen LogP contribution >= 0.6 is 0 Å². The van der Waals surface area contributed by atoms with Crippen LogP contribution in [-0.4, -0.2) is 75.6 Å². The summed E-state index contributed by atoms with van der Waals surface area (Å²) in [5, 5.41) is 32.4. The van der Waals surface area contributed by atoms with Crippen LogP contribution in [-0.2, 0) is 28.8 Å². The third-order valence-corrected chi connectivity index (χ3v) is 3.46. The van der Waals surface area contributed by atoms with Crippen LogP contribution in [0.25, 0.3) is 0 Å². The van der Waals surface area contributed by atoms with Gasteiger partial charge in [0.1, 0.15) is 18.6 Å². The fourth-order valence-corrected chi connectivity index (χ4v) is 1.90. The van der Waals surface area contributed by atoms with Gasteiger partial charge in [-0.1, -0.05) is 13.8 Å². The van der Waals surface area contributed by atoms with Gasteiger partial charge in [-0.05, 0) is 5.92 Å². The van der Waals surface area contributed by atoms with Crippen LogP contribution in [0.1, 0.15) is 26.7 Å². The van der Waals surface area contributed by atoms with Gasteiger partial charge in [0, 0.05) is 0 Å². The summed E-state index contributed by atoms with van der Waals surface area (Å²) in [6.45, 7) is 2.45. The molecule has 0 bridgehead atoms. The molecule has 0 rings (SSSR count). The number of hydrogen-bond acceptors (Lipinski definition) is 7. The summed E-state index contributed by atoms with van der Waals surface area (Å²) >= 11 is 0. The molecule has 3 amide bonds. The Labute approximate surface area is 159 Å². The number of carbonyl (C=O) groups is 6. The summed E-state index contributed by atoms with van der Waals surface area (Å²) in [7, 11) is 0. The van der Waals surface area contributed by atoms with Crippen molar-refractivity contribution in [3.63, 3.8) is 0 Å². The molecule has 158 valence electrons. The van der Waals surface area contributed by atoms with Crippen LogP contribution in [0.4, 0.5) is 0 Å². The van der Waals surface area contributed by atoms with E-state index in [1.165, 1.54) is 0 Å². The van der Waals surface area contributed by atoms with E-state index in [1.807, 2.05) is 10.6 Å². The van der Waals surface area contributed by atoms with E-state index < -0.39 is 73.1 Å². The number of hydrogen-bond donors (Lipinski definition) is 7. The van der Waals surface area contributed by atoms with E-state index in [0.29, 0.717) is 0 Å². The third kappa shape index (κ3) is 9.47. The van der Waals surface area contributed by atoms with Crippen LogP contribution in [0.5, 0.6) is 0 Å². The fraction of sp³-hybridized carbons (Fsp3) is 0.600. The topological polar surface area (TPSA) is 225 Å². The van der Waals surface area contributed by atoms with Gasteiger partial charge in [0.2, 0.25) is 17.7 Å². The Balaban J connectivity index is 5.30. The minimum atomic E-state index is -1.68. The molecular weight excluding hydrogens is 380 g/mol. The molecule has 13 nitrogen and oxygen atoms in total. The number of carboxylic acid groups (broad SMARTS) is 3. The van der Waals surface area contributed by atoms with Crippen LogP contribution in [0.15, 0.2) is 0 Å². The Kier molecular flexibility index (Phi) is 10.2. The Bertz CT molecular complexity index is 635. The monoisotopic (exact) mass is 404 g/mol. The zero-order valence-corrected chi connectivity index (χ0v) is 15.3. The lowest BCUT2D eigenvalue weighted by atomic mass is 10.0. The number of carbonyl (C=O) groups excluding carboxylic acids is 3. The molecule has 0 heterocycles. The maximum Gasteiger partial charge on any atom is 0.322 e. The molecule has 3 atom stereocenters. The summed E-state index contributed by atoms with van der Waals surface area (Å²) in [5.41, 5.74) is 5.63. The quantitative estimate of drug-likeness (QED) is 0.175. The minimum Gasteiger partial charge on any atom is -0.481 e. The summed E-state index contributed by atoms with van der Waals surface area (Å²) in [5.74, 6) is -7.66. The van der Waals surface area contributed by atoms with Crippen LogP contribution in [0, 0.1) is 5.92 Å². The van der Waals surface area contributed by atoms with Crippen LogP contribution < -0.4 is 21.7 Å². The fourth-order valence-electron chi connectivity index (χ4n) is 1.90. The van der Waals surface area contributed by atoms with E-state index in [1.54, 1.807) is 13.8 Å². The van der Waals surface area contributed by atoms with Crippen LogP contribution in [0.2, 0.25) is 0 Å². The second-order valence-corrected chi connectivity index (χ2v) is 6.20. The van der Waals surface area contributed by atoms with E-state index in [9.17, 15) is 28.8 Å². The molecule has 0 aromatic rings. The van der Waals surface area contributed by atoms with E-state index in [-0.39, 0.29) is 5.92 Å². The average Bonchev–Trinajstić information content (AvgIpc) is 2.56. The van der Waals surface area contributed by atoms with Crippen molar-refractivity contribution in [1.82, 2.24) is 16.0 Å². The van der Waals surface area contributed by atoms with Crippen molar-refractivity contribution in [3.8, 4) is 0 Å². The molecule has 0 radical (unpaired) electrons. The van der Waals surface area contributed by atoms with Crippen molar-refractivity contribution in [2.24, 2.45) is 11.7 Å². The predicted octanol–water partition coefficient (Wildman–Crippen LogP) is -2.91. The van der Waals surface area contributed by atoms with E-state index in [2.05, 4.69) is 5.32 Å². The number of nitrogens with one attached hydrogen (secondary N) is 3. The summed E-state index contributed by atoms with van der Waals surface area (Å²) in [6.07, 6.45) is -1.74. The minimum absolute atomic E-state index is 0.310. The molecule has 0 aromatic carbocycles. The summed E-state index contributed by atoms with van der Waals surface area (Å²) in [6, 6.07) is -4.34. The second-order valence-electron chi connectivity index (χ2n) is 6.20. The molecule has 0 saturated carbocycles. The number of nitrogens with two attached hydrogens (primary N) is 1. The molecule has 28 heavy (non-hydrogen) atoms. The highest BCUT2D eigenvalue weighted by Crippen LogP contribution is 2.02. The van der Waals surface area contributed by atoms with Gasteiger partial charge in [-0.25, -0.2) is 0 Å². The molecule has 3 unspecified atom stereocenters. The van der Waals surface area contributed by atoms with Gasteiger partial charge in [-0.3, -0.25) is 28.8 Å². The van der Waals surface area contributed by atoms with Gasteiger partial charge in [-0.15, -0.1) is 0 Å². The van der Waals surface area contributed by atoms with Crippen molar-refractivity contribution in [3.05, 3.63) is 0 Å². The number of aliphatic carboxylic acids is 3. The lowest BCUT2D eigenvalue weighted by molar-refractivity contribution is -0.143. The maximum absolute atomic E-state index is 12.3. The number of carboxylic acids is 3. The van der Waals surface area contributed by atoms with Crippen molar-refractivity contribution in [2.45, 2.75) is 44.8 Å². The predicted molar refractivity (Wildman–Crippen MR) is 91.8 cm³/mol. The smallest absolute Gasteiger partial charge is 0.322 e. The molecule has 0 saturated heterocycles. The van der Waals surface area contributed by atoms with Crippen molar-refractivity contribution in [1.29, 1.82) is 0 Å². The molecular formula is C15H24N4O9. The van der Waals surface area contributed by atoms with Gasteiger partial charge < -0.3 is 37.0 Å². The SMILES string of the molecule is CC(C)C(N)C(=O)NC(CC(=O)O)C(=O)NC(CC(=O)O)C(=O)NCC(=O)O. The molecule has 0 fully saturated rings. The summed E-state index contributed by atoms with van der Waals surface area (Å²) < 4.78 is 0. The zero-order valence-electron chi connectivity index (χ0n) is 15.3. The standard InChI is InChI=1S/C15H24N4O9/c1-6(2)12(16)15(28)19-8(4-10(22)23)14(27)18-7(3-9(20)21)13(26)17-5-11(24)25/h6-8,12H,3-5,16H2,1-2H3,(H,17,26)(H,18,27)(H,19,28)(H,20,21)(H,22,23)(H,24,25). The Morgan fingerprint density at radius 1 is 0.750 bits per heavy atom. The van der Waals surface area contributed by atoms with Gasteiger partial charge in [0.05, 0.1) is 18.9 Å². The number of rotatable bonds is 12. The van der Waals surface area contributed by atoms with Crippen molar-refractivity contribution >= 4 is 35.6 Å². The van der Waals surface area contributed by atoms with Gasteiger partial charge in [0.15, 0.2) is 0 Å². The normalized spacial score (nSPS) is 13.7. The average molecular weight is 404 g/mol. The Morgan fingerprint density at radius 2 is 1.18 bits per heavy atom. The molecule has 0 aliphatic rings. The summed E-state index contributed by atoms with van der Waals surface area (Å²) in [4.78, 5) is 68.6. The first-order valence-corrected chi connectivity index (χ1v) is 8.14. The molecule has 0 spiro atoms. The molecule has 8 N–H and O–H groups in total. The Hall–Kier alpha value is -3.22. The highest BCUT2D eigenvalue weighted by molar-refractivity contribution is 5.96. The second kappa shape index (κ2) is 11.5. The number of amides is 3. The lowest BCUT2D eigenvalue weighted by Crippen LogP contribution is -2.57. The van der Waals surface area contributed by atoms with Gasteiger partial charge in [-0.2, -0.15) is 0 Å². The largest absolute Gasteiger partial charge is 0.481 e. The highest BCUT2D eigenvalue weighted by Gasteiger charge is 2.31. The van der Waals surface area contributed by atoms with Crippen molar-refractivity contribution in [2.75, 3.05) is 6.54 Å². The first-order chi connectivity index (χ1) is 12.8. The first kappa shape index (κ1) is 24.8. The van der Waals surface area contributed by atoms with E-state index >= 15 is 0 Å². The molecule has 0 aromatic heterocycles. The molecule has 0 aliphatic heterocycles. The zero-order chi connectivity index (χ0) is 22.0. The van der Waals surface area contributed by atoms with E-state index in [0.717, 1.165) is 0 Å². The highest BCUT2D eigenvalue weighted by atomic mass is 16.4. The van der Waals surface area contributed by atoms with Gasteiger partial charge >= 0.3 is 17.9 Å². The lowest BCUT2D eigenvalue weighted by Gasteiger charge is -2.23. The maximum atomic E-state index is 12.3.